The van der Waals surface area contributed by atoms with Gasteiger partial charge in [-0.25, -0.2) is 4.79 Å². The number of rotatable bonds is 10. The Labute approximate surface area is 194 Å². The summed E-state index contributed by atoms with van der Waals surface area (Å²) >= 11 is 6.45. The average Bonchev–Trinajstić information content (AvgIpc) is 2.72. The summed E-state index contributed by atoms with van der Waals surface area (Å²) in [7, 11) is 0. The Morgan fingerprint density at radius 3 is 2.22 bits per heavy atom. The Bertz CT molecular complexity index is 923. The van der Waals surface area contributed by atoms with Crippen LogP contribution in [0.3, 0.4) is 0 Å². The molecule has 0 atom stereocenters. The summed E-state index contributed by atoms with van der Waals surface area (Å²) in [6.07, 6.45) is 0. The average molecular weight is 463 g/mol. The molecule has 1 amide bonds. The molecule has 0 saturated heterocycles. The van der Waals surface area contributed by atoms with Crippen LogP contribution >= 0.6 is 11.6 Å². The first-order valence-electron chi connectivity index (χ1n) is 10.5. The number of ether oxygens (including phenoxy) is 3. The van der Waals surface area contributed by atoms with E-state index in [-0.39, 0.29) is 24.0 Å². The van der Waals surface area contributed by atoms with Crippen LogP contribution in [0.2, 0.25) is 5.02 Å². The van der Waals surface area contributed by atoms with Gasteiger partial charge in [0.1, 0.15) is 0 Å². The fourth-order valence-corrected chi connectivity index (χ4v) is 3.05. The molecule has 2 N–H and O–H groups in total. The lowest BCUT2D eigenvalue weighted by Gasteiger charge is -2.21. The molecule has 0 bridgehead atoms. The van der Waals surface area contributed by atoms with E-state index in [2.05, 4.69) is 10.6 Å². The molecule has 0 unspecified atom stereocenters. The van der Waals surface area contributed by atoms with Crippen molar-refractivity contribution in [1.82, 2.24) is 5.32 Å². The summed E-state index contributed by atoms with van der Waals surface area (Å²) in [5.41, 5.74) is 1.78. The van der Waals surface area contributed by atoms with Crippen LogP contribution in [0.25, 0.3) is 0 Å². The van der Waals surface area contributed by atoms with Crippen molar-refractivity contribution in [2.45, 2.75) is 46.7 Å². The SMILES string of the molecule is CCOC(=O)c1ccc(NCc2cc(OCC)c(OCC(=O)NC(C)(C)C)cc2Cl)cc1. The van der Waals surface area contributed by atoms with Gasteiger partial charge in [0.25, 0.3) is 5.91 Å². The highest BCUT2D eigenvalue weighted by atomic mass is 35.5. The van der Waals surface area contributed by atoms with Crippen LogP contribution in [0.5, 0.6) is 11.5 Å². The van der Waals surface area contributed by atoms with Crippen LogP contribution in [0.1, 0.15) is 50.5 Å². The van der Waals surface area contributed by atoms with Crippen molar-refractivity contribution in [3.05, 3.63) is 52.5 Å². The molecular weight excluding hydrogens is 432 g/mol. The molecule has 2 aromatic rings. The van der Waals surface area contributed by atoms with E-state index in [0.29, 0.717) is 41.8 Å². The molecule has 0 aromatic heterocycles. The molecule has 7 nitrogen and oxygen atoms in total. The number of nitrogens with one attached hydrogen (secondary N) is 2. The molecule has 0 aliphatic rings. The van der Waals surface area contributed by atoms with E-state index in [0.717, 1.165) is 11.3 Å². The van der Waals surface area contributed by atoms with Gasteiger partial charge in [-0.3, -0.25) is 4.79 Å². The molecule has 32 heavy (non-hydrogen) atoms. The van der Waals surface area contributed by atoms with E-state index >= 15 is 0 Å². The molecule has 2 aromatic carbocycles. The van der Waals surface area contributed by atoms with Gasteiger partial charge in [0.2, 0.25) is 0 Å². The third-order valence-corrected chi connectivity index (χ3v) is 4.52. The van der Waals surface area contributed by atoms with Crippen LogP contribution in [0.4, 0.5) is 5.69 Å². The van der Waals surface area contributed by atoms with E-state index in [4.69, 9.17) is 25.8 Å². The van der Waals surface area contributed by atoms with E-state index in [9.17, 15) is 9.59 Å². The normalized spacial score (nSPS) is 10.9. The highest BCUT2D eigenvalue weighted by Crippen LogP contribution is 2.34. The van der Waals surface area contributed by atoms with E-state index < -0.39 is 0 Å². The molecule has 0 aliphatic heterocycles. The Hall–Kier alpha value is -2.93. The summed E-state index contributed by atoms with van der Waals surface area (Å²) in [5.74, 6) is 0.335. The minimum atomic E-state index is -0.352. The maximum atomic E-state index is 12.1. The number of amides is 1. The highest BCUT2D eigenvalue weighted by Gasteiger charge is 2.16. The van der Waals surface area contributed by atoms with Gasteiger partial charge in [-0.15, -0.1) is 0 Å². The van der Waals surface area contributed by atoms with E-state index in [1.165, 1.54) is 0 Å². The van der Waals surface area contributed by atoms with E-state index in [1.807, 2.05) is 27.7 Å². The number of anilines is 1. The van der Waals surface area contributed by atoms with Crippen LogP contribution in [0.15, 0.2) is 36.4 Å². The van der Waals surface area contributed by atoms with Crippen LogP contribution in [-0.4, -0.2) is 37.2 Å². The standard InChI is InChI=1S/C24H31ClN2O5/c1-6-30-20-12-17(14-26-18-10-8-16(9-11-18)23(29)31-7-2)19(25)13-21(20)32-15-22(28)27-24(3,4)5/h8-13,26H,6-7,14-15H2,1-5H3,(H,27,28). The maximum Gasteiger partial charge on any atom is 0.338 e. The third kappa shape index (κ3) is 7.96. The lowest BCUT2D eigenvalue weighted by molar-refractivity contribution is -0.124. The maximum absolute atomic E-state index is 12.1. The molecule has 0 spiro atoms. The van der Waals surface area contributed by atoms with Gasteiger partial charge in [0.05, 0.1) is 18.8 Å². The molecule has 0 fully saturated rings. The zero-order valence-corrected chi connectivity index (χ0v) is 20.0. The molecule has 2 rings (SSSR count). The number of halogens is 1. The first-order chi connectivity index (χ1) is 15.1. The lowest BCUT2D eigenvalue weighted by atomic mass is 10.1. The van der Waals surface area contributed by atoms with Crippen molar-refractivity contribution in [2.75, 3.05) is 25.1 Å². The predicted octanol–water partition coefficient (Wildman–Crippen LogP) is 4.82. The molecule has 0 heterocycles. The molecule has 0 radical (unpaired) electrons. The van der Waals surface area contributed by atoms with Crippen molar-refractivity contribution < 1.29 is 23.8 Å². The fourth-order valence-electron chi connectivity index (χ4n) is 2.83. The van der Waals surface area contributed by atoms with E-state index in [1.54, 1.807) is 43.3 Å². The van der Waals surface area contributed by atoms with Gasteiger partial charge in [-0.1, -0.05) is 11.6 Å². The largest absolute Gasteiger partial charge is 0.490 e. The minimum absolute atomic E-state index is 0.141. The van der Waals surface area contributed by atoms with Crippen LogP contribution in [0, 0.1) is 0 Å². The predicted molar refractivity (Wildman–Crippen MR) is 126 cm³/mol. The molecule has 8 heteroatoms. The quantitative estimate of drug-likeness (QED) is 0.492. The number of carbonyl (C=O) groups excluding carboxylic acids is 2. The second-order valence-corrected chi connectivity index (χ2v) is 8.47. The second kappa shape index (κ2) is 11.6. The van der Waals surface area contributed by atoms with Gasteiger partial charge in [0.15, 0.2) is 18.1 Å². The van der Waals surface area contributed by atoms with Gasteiger partial charge < -0.3 is 24.8 Å². The Balaban J connectivity index is 2.06. The number of esters is 1. The Kier molecular flexibility index (Phi) is 9.20. The lowest BCUT2D eigenvalue weighted by Crippen LogP contribution is -2.43. The number of benzene rings is 2. The summed E-state index contributed by atoms with van der Waals surface area (Å²) in [6.45, 7) is 10.4. The zero-order valence-electron chi connectivity index (χ0n) is 19.2. The van der Waals surface area contributed by atoms with Gasteiger partial charge >= 0.3 is 5.97 Å². The number of hydrogen-bond acceptors (Lipinski definition) is 6. The van der Waals surface area contributed by atoms with Gasteiger partial charge in [0, 0.05) is 28.9 Å². The molecular formula is C24H31ClN2O5. The fraction of sp³-hybridized carbons (Fsp3) is 0.417. The smallest absolute Gasteiger partial charge is 0.338 e. The summed E-state index contributed by atoms with van der Waals surface area (Å²) in [6, 6.07) is 10.4. The summed E-state index contributed by atoms with van der Waals surface area (Å²) < 4.78 is 16.3. The second-order valence-electron chi connectivity index (χ2n) is 8.06. The van der Waals surface area contributed by atoms with Gasteiger partial charge in [-0.2, -0.15) is 0 Å². The highest BCUT2D eigenvalue weighted by molar-refractivity contribution is 6.31. The number of carbonyl (C=O) groups is 2. The summed E-state index contributed by atoms with van der Waals surface area (Å²) in [4.78, 5) is 23.8. The molecule has 174 valence electrons. The van der Waals surface area contributed by atoms with Gasteiger partial charge in [-0.05, 0) is 70.5 Å². The third-order valence-electron chi connectivity index (χ3n) is 4.16. The minimum Gasteiger partial charge on any atom is -0.490 e. The topological polar surface area (TPSA) is 85.9 Å². The summed E-state index contributed by atoms with van der Waals surface area (Å²) in [5, 5.41) is 6.60. The monoisotopic (exact) mass is 462 g/mol. The molecule has 0 saturated carbocycles. The van der Waals surface area contributed by atoms with Crippen molar-refractivity contribution in [2.24, 2.45) is 0 Å². The Morgan fingerprint density at radius 2 is 1.62 bits per heavy atom. The van der Waals surface area contributed by atoms with Crippen molar-refractivity contribution in [3.8, 4) is 11.5 Å². The first kappa shape index (κ1) is 25.3. The number of hydrogen-bond donors (Lipinski definition) is 2. The van der Waals surface area contributed by atoms with Crippen molar-refractivity contribution >= 4 is 29.2 Å². The first-order valence-corrected chi connectivity index (χ1v) is 10.9. The van der Waals surface area contributed by atoms with Crippen molar-refractivity contribution in [3.63, 3.8) is 0 Å². The van der Waals surface area contributed by atoms with Crippen LogP contribution < -0.4 is 20.1 Å². The zero-order chi connectivity index (χ0) is 23.7. The molecule has 0 aliphatic carbocycles. The van der Waals surface area contributed by atoms with Crippen LogP contribution in [-0.2, 0) is 16.1 Å². The Morgan fingerprint density at radius 1 is 0.969 bits per heavy atom. The van der Waals surface area contributed by atoms with Crippen molar-refractivity contribution in [1.29, 1.82) is 0 Å².